The van der Waals surface area contributed by atoms with E-state index < -0.39 is 0 Å². The molecule has 0 spiro atoms. The van der Waals surface area contributed by atoms with Crippen LogP contribution in [0.3, 0.4) is 0 Å². The summed E-state index contributed by atoms with van der Waals surface area (Å²) in [4.78, 5) is 20.3. The number of fused-ring (bicyclic) bond motifs is 2. The minimum atomic E-state index is -0.307. The lowest BCUT2D eigenvalue weighted by atomic mass is 10.2. The van der Waals surface area contributed by atoms with E-state index >= 15 is 0 Å². The van der Waals surface area contributed by atoms with Crippen molar-refractivity contribution in [2.75, 3.05) is 18.1 Å². The number of hydrogen-bond donors (Lipinski definition) is 0. The Bertz CT molecular complexity index is 1130. The fourth-order valence-electron chi connectivity index (χ4n) is 3.48. The smallest absolute Gasteiger partial charge is 0.270 e. The van der Waals surface area contributed by atoms with Crippen LogP contribution in [0.5, 0.6) is 0 Å². The van der Waals surface area contributed by atoms with Gasteiger partial charge in [-0.2, -0.15) is 0 Å². The number of carbonyl (C=O) groups excluding carboxylic acids is 1. The standard InChI is InChI=1S/C21H17FN2O2S2/c22-15-6-3-9-17-14(15)11-19(27-17)20(25)24(12-13-5-4-10-26-13)21-23-16-7-1-2-8-18(16)28-21/h1-3,6-9,11,13H,4-5,10,12H2/t13-/m0/s1. The van der Waals surface area contributed by atoms with Crippen molar-refractivity contribution in [3.8, 4) is 0 Å². The highest BCUT2D eigenvalue weighted by Gasteiger charge is 2.28. The molecule has 5 rings (SSSR count). The van der Waals surface area contributed by atoms with Gasteiger partial charge in [0.25, 0.3) is 5.91 Å². The molecule has 1 atom stereocenters. The normalized spacial score (nSPS) is 16.8. The number of aromatic nitrogens is 1. The van der Waals surface area contributed by atoms with Crippen LogP contribution in [-0.4, -0.2) is 30.1 Å². The number of ether oxygens (including phenoxy) is 1. The van der Waals surface area contributed by atoms with Gasteiger partial charge in [-0.25, -0.2) is 9.37 Å². The van der Waals surface area contributed by atoms with E-state index in [-0.39, 0.29) is 17.8 Å². The van der Waals surface area contributed by atoms with Gasteiger partial charge in [0, 0.05) is 16.7 Å². The highest BCUT2D eigenvalue weighted by atomic mass is 32.1. The van der Waals surface area contributed by atoms with E-state index in [9.17, 15) is 9.18 Å². The Balaban J connectivity index is 1.55. The molecular weight excluding hydrogens is 395 g/mol. The summed E-state index contributed by atoms with van der Waals surface area (Å²) in [5.41, 5.74) is 0.870. The Morgan fingerprint density at radius 2 is 2.04 bits per heavy atom. The van der Waals surface area contributed by atoms with Gasteiger partial charge in [0.2, 0.25) is 0 Å². The summed E-state index contributed by atoms with van der Waals surface area (Å²) in [7, 11) is 0. The molecule has 0 N–H and O–H groups in total. The molecule has 1 aliphatic rings. The number of thiophene rings is 1. The van der Waals surface area contributed by atoms with Crippen LogP contribution in [0.2, 0.25) is 0 Å². The Morgan fingerprint density at radius 3 is 2.82 bits per heavy atom. The molecule has 0 saturated carbocycles. The number of anilines is 1. The monoisotopic (exact) mass is 412 g/mol. The zero-order valence-corrected chi connectivity index (χ0v) is 16.6. The van der Waals surface area contributed by atoms with Crippen molar-refractivity contribution in [1.82, 2.24) is 4.98 Å². The maximum atomic E-state index is 14.1. The van der Waals surface area contributed by atoms with Gasteiger partial charge in [-0.15, -0.1) is 11.3 Å². The molecule has 1 aliphatic heterocycles. The van der Waals surface area contributed by atoms with Crippen LogP contribution < -0.4 is 4.90 Å². The molecule has 2 aromatic carbocycles. The molecule has 28 heavy (non-hydrogen) atoms. The van der Waals surface area contributed by atoms with Crippen molar-refractivity contribution >= 4 is 54.0 Å². The maximum absolute atomic E-state index is 14.1. The van der Waals surface area contributed by atoms with Crippen LogP contribution in [0, 0.1) is 5.82 Å². The molecule has 1 saturated heterocycles. The van der Waals surface area contributed by atoms with Gasteiger partial charge in [0.1, 0.15) is 5.82 Å². The first kappa shape index (κ1) is 17.7. The summed E-state index contributed by atoms with van der Waals surface area (Å²) < 4.78 is 21.7. The minimum Gasteiger partial charge on any atom is -0.376 e. The van der Waals surface area contributed by atoms with E-state index in [1.165, 1.54) is 28.7 Å². The zero-order chi connectivity index (χ0) is 19.1. The quantitative estimate of drug-likeness (QED) is 0.446. The Hall–Kier alpha value is -2.35. The molecule has 4 nitrogen and oxygen atoms in total. The molecule has 0 bridgehead atoms. The lowest BCUT2D eigenvalue weighted by molar-refractivity contribution is 0.0921. The van der Waals surface area contributed by atoms with Crippen molar-refractivity contribution in [1.29, 1.82) is 0 Å². The second kappa shape index (κ2) is 7.24. The molecule has 142 valence electrons. The van der Waals surface area contributed by atoms with Gasteiger partial charge >= 0.3 is 0 Å². The Labute approximate surface area is 169 Å². The van der Waals surface area contributed by atoms with Gasteiger partial charge in [0.15, 0.2) is 5.13 Å². The molecule has 0 aliphatic carbocycles. The molecule has 1 amide bonds. The van der Waals surface area contributed by atoms with Gasteiger partial charge in [-0.1, -0.05) is 29.5 Å². The SMILES string of the molecule is O=C(c1cc2c(F)cccc2s1)N(C[C@@H]1CCCO1)c1nc2ccccc2s1. The van der Waals surface area contributed by atoms with Crippen LogP contribution in [0.4, 0.5) is 9.52 Å². The van der Waals surface area contributed by atoms with E-state index in [2.05, 4.69) is 4.98 Å². The molecule has 0 unspecified atom stereocenters. The molecular formula is C21H17FN2O2S2. The largest absolute Gasteiger partial charge is 0.376 e. The highest BCUT2D eigenvalue weighted by molar-refractivity contribution is 7.23. The topological polar surface area (TPSA) is 42.4 Å². The van der Waals surface area contributed by atoms with E-state index in [0.29, 0.717) is 21.9 Å². The first-order valence-electron chi connectivity index (χ1n) is 9.16. The number of carbonyl (C=O) groups is 1. The molecule has 2 aromatic heterocycles. The number of rotatable bonds is 4. The van der Waals surface area contributed by atoms with E-state index in [1.54, 1.807) is 17.0 Å². The maximum Gasteiger partial charge on any atom is 0.270 e. The summed E-state index contributed by atoms with van der Waals surface area (Å²) in [6.07, 6.45) is 1.93. The van der Waals surface area contributed by atoms with Crippen LogP contribution in [0.25, 0.3) is 20.3 Å². The van der Waals surface area contributed by atoms with Crippen molar-refractivity contribution in [2.45, 2.75) is 18.9 Å². The third-order valence-electron chi connectivity index (χ3n) is 4.89. The van der Waals surface area contributed by atoms with Crippen LogP contribution in [0.1, 0.15) is 22.5 Å². The van der Waals surface area contributed by atoms with Crippen LogP contribution >= 0.6 is 22.7 Å². The number of halogens is 1. The molecule has 1 fully saturated rings. The van der Waals surface area contributed by atoms with Gasteiger partial charge in [-0.3, -0.25) is 9.69 Å². The predicted molar refractivity (Wildman–Crippen MR) is 112 cm³/mol. The minimum absolute atomic E-state index is 0.00192. The average Bonchev–Trinajstić information content (AvgIpc) is 3.44. The molecule has 3 heterocycles. The van der Waals surface area contributed by atoms with Crippen LogP contribution in [-0.2, 0) is 4.74 Å². The van der Waals surface area contributed by atoms with Gasteiger partial charge in [-0.05, 0) is 43.2 Å². The van der Waals surface area contributed by atoms with Crippen molar-refractivity contribution in [2.24, 2.45) is 0 Å². The summed E-state index contributed by atoms with van der Waals surface area (Å²) in [6.45, 7) is 1.18. The summed E-state index contributed by atoms with van der Waals surface area (Å²) >= 11 is 2.80. The number of benzene rings is 2. The lowest BCUT2D eigenvalue weighted by Crippen LogP contribution is -2.37. The Kier molecular flexibility index (Phi) is 4.58. The second-order valence-corrected chi connectivity index (χ2v) is 8.87. The van der Waals surface area contributed by atoms with E-state index in [1.807, 2.05) is 30.3 Å². The number of amides is 1. The number of nitrogens with zero attached hydrogens (tertiary/aromatic N) is 2. The van der Waals surface area contributed by atoms with Crippen molar-refractivity contribution in [3.63, 3.8) is 0 Å². The van der Waals surface area contributed by atoms with Gasteiger partial charge < -0.3 is 4.74 Å². The Morgan fingerprint density at radius 1 is 1.18 bits per heavy atom. The number of hydrogen-bond acceptors (Lipinski definition) is 5. The van der Waals surface area contributed by atoms with Crippen molar-refractivity contribution in [3.05, 3.63) is 59.2 Å². The highest BCUT2D eigenvalue weighted by Crippen LogP contribution is 2.33. The number of para-hydroxylation sites is 1. The summed E-state index contributed by atoms with van der Waals surface area (Å²) in [5.74, 6) is -0.464. The molecule has 0 radical (unpaired) electrons. The molecule has 4 aromatic rings. The third-order valence-corrected chi connectivity index (χ3v) is 7.04. The predicted octanol–water partition coefficient (Wildman–Crippen LogP) is 5.48. The summed E-state index contributed by atoms with van der Waals surface area (Å²) in [5, 5.41) is 1.14. The zero-order valence-electron chi connectivity index (χ0n) is 14.9. The first-order chi connectivity index (χ1) is 13.7. The van der Waals surface area contributed by atoms with Crippen molar-refractivity contribution < 1.29 is 13.9 Å². The molecule has 7 heteroatoms. The lowest BCUT2D eigenvalue weighted by Gasteiger charge is -2.22. The number of thiazole rings is 1. The summed E-state index contributed by atoms with van der Waals surface area (Å²) in [6, 6.07) is 14.4. The second-order valence-electron chi connectivity index (χ2n) is 6.78. The third kappa shape index (κ3) is 3.19. The first-order valence-corrected chi connectivity index (χ1v) is 10.8. The van der Waals surface area contributed by atoms with Crippen LogP contribution in [0.15, 0.2) is 48.5 Å². The average molecular weight is 413 g/mol. The van der Waals surface area contributed by atoms with Gasteiger partial charge in [0.05, 0.1) is 27.7 Å². The fourth-order valence-corrected chi connectivity index (χ4v) is 5.48. The van der Waals surface area contributed by atoms with E-state index in [0.717, 1.165) is 34.4 Å². The van der Waals surface area contributed by atoms with E-state index in [4.69, 9.17) is 4.74 Å². The fraction of sp³-hybridized carbons (Fsp3) is 0.238.